The molecule has 8 heteroatoms. The van der Waals surface area contributed by atoms with Gasteiger partial charge in [0.15, 0.2) is 0 Å². The average Bonchev–Trinajstić information content (AvgIpc) is 3.50. The van der Waals surface area contributed by atoms with E-state index in [9.17, 15) is 19.5 Å². The monoisotopic (exact) mass is 582 g/mol. The average molecular weight is 583 g/mol. The molecule has 1 aromatic carbocycles. The maximum atomic E-state index is 14.7. The number of carbonyl (C=O) groups excluding carboxylic acids is 3. The second-order valence-corrected chi connectivity index (χ2v) is 14.8. The molecule has 1 aromatic rings. The maximum absolute atomic E-state index is 14.7. The highest BCUT2D eigenvalue weighted by Crippen LogP contribution is 2.72. The summed E-state index contributed by atoms with van der Waals surface area (Å²) in [5.74, 6) is -2.07. The van der Waals surface area contributed by atoms with Gasteiger partial charge < -0.3 is 19.6 Å². The molecule has 0 aliphatic carbocycles. The number of rotatable bonds is 13. The fourth-order valence-corrected chi connectivity index (χ4v) is 9.48. The lowest BCUT2D eigenvalue weighted by molar-refractivity contribution is -0.156. The molecule has 3 saturated heterocycles. The van der Waals surface area contributed by atoms with Crippen molar-refractivity contribution in [2.75, 3.05) is 19.8 Å². The van der Waals surface area contributed by atoms with Crippen molar-refractivity contribution in [3.63, 3.8) is 0 Å². The molecule has 7 nitrogen and oxygen atoms in total. The Morgan fingerprint density at radius 1 is 1.20 bits per heavy atom. The second-order valence-electron chi connectivity index (χ2n) is 12.9. The molecule has 41 heavy (non-hydrogen) atoms. The topological polar surface area (TPSA) is 87.1 Å². The van der Waals surface area contributed by atoms with Gasteiger partial charge in [-0.25, -0.2) is 0 Å². The summed E-state index contributed by atoms with van der Waals surface area (Å²) < 4.78 is 4.51. The van der Waals surface area contributed by atoms with Crippen LogP contribution in [0.3, 0.4) is 0 Å². The number of benzene rings is 1. The third-order valence-electron chi connectivity index (χ3n) is 9.06. The van der Waals surface area contributed by atoms with Gasteiger partial charge in [0.1, 0.15) is 6.04 Å². The lowest BCUT2D eigenvalue weighted by atomic mass is 9.66. The van der Waals surface area contributed by atoms with Crippen molar-refractivity contribution in [1.82, 2.24) is 9.80 Å². The van der Waals surface area contributed by atoms with E-state index in [4.69, 9.17) is 4.74 Å². The zero-order valence-electron chi connectivity index (χ0n) is 25.0. The van der Waals surface area contributed by atoms with E-state index in [0.29, 0.717) is 26.0 Å². The lowest BCUT2D eigenvalue weighted by Crippen LogP contribution is -2.60. The third kappa shape index (κ3) is 5.74. The summed E-state index contributed by atoms with van der Waals surface area (Å²) in [6.45, 7) is 16.0. The van der Waals surface area contributed by atoms with Gasteiger partial charge in [-0.1, -0.05) is 42.5 Å². The van der Waals surface area contributed by atoms with Crippen LogP contribution in [0.5, 0.6) is 0 Å². The van der Waals surface area contributed by atoms with Crippen molar-refractivity contribution in [1.29, 1.82) is 0 Å². The van der Waals surface area contributed by atoms with Crippen LogP contribution in [-0.2, 0) is 25.5 Å². The molecular weight excluding hydrogens is 536 g/mol. The number of allylic oxidation sites excluding steroid dienone is 1. The van der Waals surface area contributed by atoms with Crippen LogP contribution in [0, 0.1) is 11.8 Å². The number of aliphatic hydroxyl groups excluding tert-OH is 1. The molecule has 6 atom stereocenters. The van der Waals surface area contributed by atoms with E-state index in [-0.39, 0.29) is 24.4 Å². The number of aliphatic hydroxyl groups is 1. The van der Waals surface area contributed by atoms with Gasteiger partial charge in [-0.05, 0) is 71.8 Å². The zero-order valence-corrected chi connectivity index (χ0v) is 25.8. The summed E-state index contributed by atoms with van der Waals surface area (Å²) in [6.07, 6.45) is 7.81. The normalized spacial score (nSPS) is 29.2. The highest BCUT2D eigenvalue weighted by Gasteiger charge is 2.78. The quantitative estimate of drug-likeness (QED) is 0.205. The van der Waals surface area contributed by atoms with Gasteiger partial charge in [0.2, 0.25) is 11.8 Å². The molecule has 3 aliphatic heterocycles. The first-order valence-electron chi connectivity index (χ1n) is 14.8. The molecule has 2 unspecified atom stereocenters. The van der Waals surface area contributed by atoms with Crippen LogP contribution in [0.2, 0.25) is 0 Å². The maximum Gasteiger partial charge on any atom is 0.311 e. The number of unbranched alkanes of at least 4 members (excludes halogenated alkanes) is 2. The minimum absolute atomic E-state index is 0.157. The second kappa shape index (κ2) is 12.3. The summed E-state index contributed by atoms with van der Waals surface area (Å²) in [4.78, 5) is 46.3. The van der Waals surface area contributed by atoms with Crippen molar-refractivity contribution in [2.45, 2.75) is 93.3 Å². The number of amides is 2. The van der Waals surface area contributed by atoms with Gasteiger partial charge in [0, 0.05) is 16.8 Å². The van der Waals surface area contributed by atoms with Gasteiger partial charge in [-0.15, -0.1) is 24.9 Å². The molecule has 0 aromatic heterocycles. The largest absolute Gasteiger partial charge is 0.465 e. The van der Waals surface area contributed by atoms with Crippen LogP contribution >= 0.6 is 11.8 Å². The van der Waals surface area contributed by atoms with E-state index >= 15 is 0 Å². The highest BCUT2D eigenvalue weighted by molar-refractivity contribution is 8.02. The lowest BCUT2D eigenvalue weighted by Gasteiger charge is -2.43. The molecule has 3 heterocycles. The van der Waals surface area contributed by atoms with E-state index in [1.54, 1.807) is 27.6 Å². The van der Waals surface area contributed by atoms with Crippen LogP contribution in [0.4, 0.5) is 0 Å². The summed E-state index contributed by atoms with van der Waals surface area (Å²) in [6, 6.07) is 8.30. The van der Waals surface area contributed by atoms with Gasteiger partial charge in [0.05, 0.1) is 35.8 Å². The Labute approximate surface area is 249 Å². The molecule has 2 bridgehead atoms. The minimum Gasteiger partial charge on any atom is -0.465 e. The van der Waals surface area contributed by atoms with E-state index in [1.807, 2.05) is 64.1 Å². The first kappa shape index (κ1) is 31.4. The number of carbonyl (C=O) groups is 3. The van der Waals surface area contributed by atoms with Crippen LogP contribution in [0.1, 0.15) is 65.4 Å². The Morgan fingerprint density at radius 3 is 2.51 bits per heavy atom. The summed E-state index contributed by atoms with van der Waals surface area (Å²) in [5, 5.41) is 10.7. The summed E-state index contributed by atoms with van der Waals surface area (Å²) in [5.41, 5.74) is 0.455. The number of fused-ring (bicyclic) bond motifs is 1. The number of ether oxygens (including phenoxy) is 1. The van der Waals surface area contributed by atoms with E-state index in [1.165, 1.54) is 0 Å². The summed E-state index contributed by atoms with van der Waals surface area (Å²) in [7, 11) is 0. The molecule has 4 rings (SSSR count). The number of hydrogen-bond acceptors (Lipinski definition) is 6. The number of thioether (sulfide) groups is 1. The molecule has 0 saturated carbocycles. The predicted octanol–water partition coefficient (Wildman–Crippen LogP) is 4.78. The molecule has 2 amide bonds. The van der Waals surface area contributed by atoms with Crippen LogP contribution in [0.25, 0.3) is 0 Å². The van der Waals surface area contributed by atoms with Crippen molar-refractivity contribution in [2.24, 2.45) is 11.8 Å². The SMILES string of the molecule is C=CCCCCOC(=O)[C@H]1[C@H]2C(=O)N([C@@H](CO)Cc3ccccc3)C(C(=O)N(CC=C)C(C)(C)C)C23CC[C@]1(C)S3. The van der Waals surface area contributed by atoms with Crippen LogP contribution < -0.4 is 0 Å². The molecule has 3 aliphatic rings. The smallest absolute Gasteiger partial charge is 0.311 e. The number of esters is 1. The predicted molar refractivity (Wildman–Crippen MR) is 163 cm³/mol. The van der Waals surface area contributed by atoms with Crippen molar-refractivity contribution in [3.05, 3.63) is 61.2 Å². The molecule has 224 valence electrons. The van der Waals surface area contributed by atoms with Crippen LogP contribution in [0.15, 0.2) is 55.6 Å². The van der Waals surface area contributed by atoms with E-state index in [0.717, 1.165) is 31.2 Å². The van der Waals surface area contributed by atoms with Gasteiger partial charge in [-0.2, -0.15) is 0 Å². The Morgan fingerprint density at radius 2 is 1.90 bits per heavy atom. The standard InChI is InChI=1S/C33H46N2O5S/c1-7-9-10-14-20-40-30(39)26-25-28(37)35(24(22-36)21-23-15-12-11-13-16-23)27(33(25)18-17-32(26,6)41-33)29(38)34(19-8-2)31(3,4)5/h7-8,11-13,15-16,24-27,36H,1-2,9-10,14,17-22H2,3-6H3/t24-,25+,26-,27?,32+,33?/m1/s1. The molecule has 0 radical (unpaired) electrons. The van der Waals surface area contributed by atoms with E-state index in [2.05, 4.69) is 13.2 Å². The number of nitrogens with zero attached hydrogens (tertiary/aromatic N) is 2. The van der Waals surface area contributed by atoms with Crippen molar-refractivity contribution < 1.29 is 24.2 Å². The zero-order chi connectivity index (χ0) is 30.0. The van der Waals surface area contributed by atoms with Gasteiger partial charge >= 0.3 is 5.97 Å². The van der Waals surface area contributed by atoms with Crippen molar-refractivity contribution >= 4 is 29.5 Å². The number of hydrogen-bond donors (Lipinski definition) is 1. The van der Waals surface area contributed by atoms with Crippen LogP contribution in [-0.4, -0.2) is 79.6 Å². The molecular formula is C33H46N2O5S. The Hall–Kier alpha value is -2.58. The third-order valence-corrected chi connectivity index (χ3v) is 11.0. The number of likely N-dealkylation sites (tertiary alicyclic amines) is 1. The summed E-state index contributed by atoms with van der Waals surface area (Å²) >= 11 is 1.63. The van der Waals surface area contributed by atoms with Gasteiger partial charge in [-0.3, -0.25) is 14.4 Å². The van der Waals surface area contributed by atoms with Crippen molar-refractivity contribution in [3.8, 4) is 0 Å². The first-order chi connectivity index (χ1) is 19.4. The highest BCUT2D eigenvalue weighted by atomic mass is 32.2. The first-order valence-corrected chi connectivity index (χ1v) is 15.6. The van der Waals surface area contributed by atoms with E-state index < -0.39 is 39.0 Å². The minimum atomic E-state index is -0.808. The molecule has 1 N–H and O–H groups in total. The Balaban J connectivity index is 1.75. The Kier molecular flexibility index (Phi) is 9.44. The fourth-order valence-electron chi connectivity index (χ4n) is 7.16. The van der Waals surface area contributed by atoms with Gasteiger partial charge in [0.25, 0.3) is 0 Å². The molecule has 1 spiro atoms. The fraction of sp³-hybridized carbons (Fsp3) is 0.606. The Bertz CT molecular complexity index is 1150. The molecule has 3 fully saturated rings.